The van der Waals surface area contributed by atoms with Crippen LogP contribution >= 0.6 is 0 Å². The van der Waals surface area contributed by atoms with Gasteiger partial charge in [-0.05, 0) is 45.4 Å². The van der Waals surface area contributed by atoms with Crippen LogP contribution in [0.1, 0.15) is 36.7 Å². The molecule has 106 valence electrons. The van der Waals surface area contributed by atoms with Gasteiger partial charge < -0.3 is 11.1 Å². The summed E-state index contributed by atoms with van der Waals surface area (Å²) in [6.07, 6.45) is 0. The highest BCUT2D eigenvalue weighted by Gasteiger charge is 2.19. The van der Waals surface area contributed by atoms with E-state index in [0.29, 0.717) is 23.5 Å². The standard InChI is InChI=1S/C14H22N2O2S/c1-10-5-6-11(15)9-12(10)13(17)16-7-8-19(18)14(2,3)4/h5-6,9H,7-8,15H2,1-4H3,(H,16,17). The third kappa shape index (κ3) is 4.67. The van der Waals surface area contributed by atoms with Gasteiger partial charge in [0.05, 0.1) is 0 Å². The van der Waals surface area contributed by atoms with Crippen LogP contribution in [-0.4, -0.2) is 27.2 Å². The highest BCUT2D eigenvalue weighted by atomic mass is 32.2. The number of carbonyl (C=O) groups excluding carboxylic acids is 1. The Balaban J connectivity index is 2.57. The number of rotatable bonds is 4. The molecule has 0 aromatic heterocycles. The van der Waals surface area contributed by atoms with Gasteiger partial charge in [0, 0.05) is 39.1 Å². The lowest BCUT2D eigenvalue weighted by atomic mass is 10.1. The van der Waals surface area contributed by atoms with Crippen molar-refractivity contribution < 1.29 is 9.00 Å². The van der Waals surface area contributed by atoms with Gasteiger partial charge in [-0.3, -0.25) is 9.00 Å². The van der Waals surface area contributed by atoms with Crippen molar-refractivity contribution in [2.24, 2.45) is 0 Å². The lowest BCUT2D eigenvalue weighted by Gasteiger charge is -2.17. The second kappa shape index (κ2) is 6.19. The van der Waals surface area contributed by atoms with Gasteiger partial charge in [0.15, 0.2) is 0 Å². The van der Waals surface area contributed by atoms with E-state index >= 15 is 0 Å². The zero-order valence-corrected chi connectivity index (χ0v) is 12.8. The summed E-state index contributed by atoms with van der Waals surface area (Å²) in [6.45, 7) is 8.03. The summed E-state index contributed by atoms with van der Waals surface area (Å²) < 4.78 is 11.6. The first-order valence-corrected chi connectivity index (χ1v) is 7.56. The molecule has 0 aliphatic rings. The third-order valence-electron chi connectivity index (χ3n) is 2.76. The molecule has 5 heteroatoms. The average molecular weight is 282 g/mol. The Labute approximate surface area is 117 Å². The molecule has 0 saturated carbocycles. The molecule has 1 atom stereocenters. The van der Waals surface area contributed by atoms with Crippen LogP contribution in [0.15, 0.2) is 18.2 Å². The maximum Gasteiger partial charge on any atom is 0.251 e. The summed E-state index contributed by atoms with van der Waals surface area (Å²) in [4.78, 5) is 12.0. The molecule has 1 rings (SSSR count). The van der Waals surface area contributed by atoms with Crippen LogP contribution in [0.2, 0.25) is 0 Å². The predicted molar refractivity (Wildman–Crippen MR) is 80.7 cm³/mol. The number of nitrogen functional groups attached to an aromatic ring is 1. The molecule has 0 aliphatic heterocycles. The summed E-state index contributed by atoms with van der Waals surface area (Å²) in [5.74, 6) is 0.284. The number of hydrogen-bond donors (Lipinski definition) is 2. The Morgan fingerprint density at radius 3 is 2.58 bits per heavy atom. The Kier molecular flexibility index (Phi) is 5.11. The number of amides is 1. The number of aryl methyl sites for hydroxylation is 1. The van der Waals surface area contributed by atoms with Gasteiger partial charge in [0.1, 0.15) is 0 Å². The van der Waals surface area contributed by atoms with Crippen molar-refractivity contribution in [1.82, 2.24) is 5.32 Å². The summed E-state index contributed by atoms with van der Waals surface area (Å²) in [5, 5.41) is 2.78. The van der Waals surface area contributed by atoms with Crippen molar-refractivity contribution in [3.05, 3.63) is 29.3 Å². The molecule has 1 aromatic rings. The smallest absolute Gasteiger partial charge is 0.251 e. The topological polar surface area (TPSA) is 72.2 Å². The van der Waals surface area contributed by atoms with Crippen molar-refractivity contribution in [1.29, 1.82) is 0 Å². The molecule has 1 aromatic carbocycles. The minimum Gasteiger partial charge on any atom is -0.399 e. The van der Waals surface area contributed by atoms with Crippen molar-refractivity contribution in [3.63, 3.8) is 0 Å². The van der Waals surface area contributed by atoms with E-state index in [1.165, 1.54) is 0 Å². The van der Waals surface area contributed by atoms with Crippen molar-refractivity contribution in [2.75, 3.05) is 18.0 Å². The van der Waals surface area contributed by atoms with E-state index in [0.717, 1.165) is 5.56 Å². The molecule has 3 N–H and O–H groups in total. The predicted octanol–water partition coefficient (Wildman–Crippen LogP) is 1.85. The van der Waals surface area contributed by atoms with E-state index in [-0.39, 0.29) is 10.7 Å². The van der Waals surface area contributed by atoms with Crippen LogP contribution in [0.25, 0.3) is 0 Å². The summed E-state index contributed by atoms with van der Waals surface area (Å²) in [5.41, 5.74) is 7.68. The van der Waals surface area contributed by atoms with E-state index in [1.54, 1.807) is 12.1 Å². The fourth-order valence-corrected chi connectivity index (χ4v) is 2.44. The second-order valence-electron chi connectivity index (χ2n) is 5.49. The highest BCUT2D eigenvalue weighted by molar-refractivity contribution is 7.86. The molecule has 0 aliphatic carbocycles. The van der Waals surface area contributed by atoms with Gasteiger partial charge in [-0.2, -0.15) is 0 Å². The SMILES string of the molecule is Cc1ccc(N)cc1C(=O)NCCS(=O)C(C)(C)C. The monoisotopic (exact) mass is 282 g/mol. The molecule has 1 amide bonds. The number of nitrogens with two attached hydrogens (primary N) is 1. The van der Waals surface area contributed by atoms with E-state index in [9.17, 15) is 9.00 Å². The normalized spacial score (nSPS) is 13.1. The molecule has 0 heterocycles. The Hall–Kier alpha value is -1.36. The first kappa shape index (κ1) is 15.7. The van der Waals surface area contributed by atoms with Crippen LogP contribution in [0.3, 0.4) is 0 Å². The van der Waals surface area contributed by atoms with Crippen molar-refractivity contribution in [2.45, 2.75) is 32.4 Å². The van der Waals surface area contributed by atoms with Gasteiger partial charge in [-0.25, -0.2) is 0 Å². The van der Waals surface area contributed by atoms with Crippen LogP contribution < -0.4 is 11.1 Å². The van der Waals surface area contributed by atoms with Crippen LogP contribution in [0.4, 0.5) is 5.69 Å². The Bertz CT molecular complexity index is 493. The molecule has 19 heavy (non-hydrogen) atoms. The summed E-state index contributed by atoms with van der Waals surface area (Å²) in [6, 6.07) is 5.24. The number of anilines is 1. The summed E-state index contributed by atoms with van der Waals surface area (Å²) >= 11 is 0. The van der Waals surface area contributed by atoms with Gasteiger partial charge in [0.2, 0.25) is 0 Å². The maximum absolute atomic E-state index is 12.0. The highest BCUT2D eigenvalue weighted by Crippen LogP contribution is 2.13. The first-order chi connectivity index (χ1) is 8.71. The average Bonchev–Trinajstić information content (AvgIpc) is 2.30. The van der Waals surface area contributed by atoms with Crippen molar-refractivity contribution >= 4 is 22.4 Å². The van der Waals surface area contributed by atoms with E-state index in [4.69, 9.17) is 5.73 Å². The van der Waals surface area contributed by atoms with Crippen LogP contribution in [0.5, 0.6) is 0 Å². The molecule has 0 spiro atoms. The van der Waals surface area contributed by atoms with E-state index in [2.05, 4.69) is 5.32 Å². The van der Waals surface area contributed by atoms with E-state index in [1.807, 2.05) is 33.8 Å². The largest absolute Gasteiger partial charge is 0.399 e. The number of carbonyl (C=O) groups is 1. The van der Waals surface area contributed by atoms with Gasteiger partial charge in [-0.1, -0.05) is 6.07 Å². The zero-order chi connectivity index (χ0) is 14.6. The number of benzene rings is 1. The molecule has 0 fully saturated rings. The molecule has 1 unspecified atom stereocenters. The van der Waals surface area contributed by atoms with Crippen molar-refractivity contribution in [3.8, 4) is 0 Å². The molecular formula is C14H22N2O2S. The quantitative estimate of drug-likeness (QED) is 0.828. The van der Waals surface area contributed by atoms with Crippen LogP contribution in [-0.2, 0) is 10.8 Å². The number of nitrogens with one attached hydrogen (secondary N) is 1. The molecule has 4 nitrogen and oxygen atoms in total. The van der Waals surface area contributed by atoms with Gasteiger partial charge >= 0.3 is 0 Å². The maximum atomic E-state index is 12.0. The molecular weight excluding hydrogens is 260 g/mol. The second-order valence-corrected chi connectivity index (χ2v) is 7.82. The molecule has 0 saturated heterocycles. The summed E-state index contributed by atoms with van der Waals surface area (Å²) in [7, 11) is -0.959. The lowest BCUT2D eigenvalue weighted by Crippen LogP contribution is -2.33. The lowest BCUT2D eigenvalue weighted by molar-refractivity contribution is 0.0955. The number of hydrogen-bond acceptors (Lipinski definition) is 3. The Morgan fingerprint density at radius 1 is 1.37 bits per heavy atom. The van der Waals surface area contributed by atoms with Gasteiger partial charge in [0.25, 0.3) is 5.91 Å². The van der Waals surface area contributed by atoms with Crippen LogP contribution in [0, 0.1) is 6.92 Å². The zero-order valence-electron chi connectivity index (χ0n) is 11.9. The molecule has 0 radical (unpaired) electrons. The fourth-order valence-electron chi connectivity index (χ4n) is 1.54. The van der Waals surface area contributed by atoms with Gasteiger partial charge in [-0.15, -0.1) is 0 Å². The van der Waals surface area contributed by atoms with E-state index < -0.39 is 10.8 Å². The first-order valence-electron chi connectivity index (χ1n) is 6.24. The fraction of sp³-hybridized carbons (Fsp3) is 0.500. The molecule has 0 bridgehead atoms. The minimum absolute atomic E-state index is 0.171. The minimum atomic E-state index is -0.959. The Morgan fingerprint density at radius 2 is 2.00 bits per heavy atom. The third-order valence-corrected chi connectivity index (χ3v) is 4.70.